The van der Waals surface area contributed by atoms with Crippen molar-refractivity contribution in [2.45, 2.75) is 10.9 Å². The van der Waals surface area contributed by atoms with Gasteiger partial charge in [0.15, 0.2) is 5.82 Å². The summed E-state index contributed by atoms with van der Waals surface area (Å²) in [6.07, 6.45) is 1.70. The van der Waals surface area contributed by atoms with E-state index in [1.165, 1.54) is 22.2 Å². The standard InChI is InChI=1S/C18H14ClN5O2S/c1-26-14-6-5-11(19)8-13(14)17-21-18(23-22-17)27-10-12-9-16(25)24-7-3-2-4-15(24)20-12/h2-9H,10H2,1H3,(H,21,22,23). The lowest BCUT2D eigenvalue weighted by atomic mass is 10.2. The van der Waals surface area contributed by atoms with E-state index in [1.54, 1.807) is 43.6 Å². The molecule has 136 valence electrons. The van der Waals surface area contributed by atoms with Crippen molar-refractivity contribution in [2.24, 2.45) is 0 Å². The van der Waals surface area contributed by atoms with Crippen LogP contribution in [0.1, 0.15) is 5.69 Å². The molecule has 1 aromatic carbocycles. The molecule has 0 fully saturated rings. The van der Waals surface area contributed by atoms with Crippen LogP contribution < -0.4 is 10.3 Å². The van der Waals surface area contributed by atoms with Crippen LogP contribution in [0.2, 0.25) is 5.02 Å². The van der Waals surface area contributed by atoms with Crippen molar-refractivity contribution in [1.82, 2.24) is 24.6 Å². The average Bonchev–Trinajstić information content (AvgIpc) is 3.15. The van der Waals surface area contributed by atoms with Crippen molar-refractivity contribution >= 4 is 29.0 Å². The average molecular weight is 400 g/mol. The van der Waals surface area contributed by atoms with Gasteiger partial charge in [-0.1, -0.05) is 29.4 Å². The molecule has 0 aliphatic heterocycles. The lowest BCUT2D eigenvalue weighted by molar-refractivity contribution is 0.416. The summed E-state index contributed by atoms with van der Waals surface area (Å²) in [5.41, 5.74) is 1.89. The Morgan fingerprint density at radius 3 is 2.96 bits per heavy atom. The number of fused-ring (bicyclic) bond motifs is 1. The number of thioether (sulfide) groups is 1. The maximum atomic E-state index is 12.2. The van der Waals surface area contributed by atoms with Crippen LogP contribution in [0.15, 0.2) is 58.6 Å². The first-order chi connectivity index (χ1) is 13.1. The number of pyridine rings is 1. The van der Waals surface area contributed by atoms with Crippen LogP contribution in [0.5, 0.6) is 5.75 Å². The lowest BCUT2D eigenvalue weighted by Crippen LogP contribution is -2.14. The van der Waals surface area contributed by atoms with Crippen molar-refractivity contribution in [1.29, 1.82) is 0 Å². The van der Waals surface area contributed by atoms with Gasteiger partial charge in [0.25, 0.3) is 5.56 Å². The quantitative estimate of drug-likeness (QED) is 0.517. The Morgan fingerprint density at radius 2 is 2.11 bits per heavy atom. The molecule has 0 amide bonds. The highest BCUT2D eigenvalue weighted by Crippen LogP contribution is 2.31. The van der Waals surface area contributed by atoms with Gasteiger partial charge in [-0.25, -0.2) is 9.97 Å². The summed E-state index contributed by atoms with van der Waals surface area (Å²) >= 11 is 7.46. The van der Waals surface area contributed by atoms with Gasteiger partial charge in [-0.3, -0.25) is 14.3 Å². The number of nitrogens with one attached hydrogen (secondary N) is 1. The minimum Gasteiger partial charge on any atom is -0.496 e. The predicted octanol–water partition coefficient (Wildman–Crippen LogP) is 3.43. The van der Waals surface area contributed by atoms with Gasteiger partial charge >= 0.3 is 0 Å². The van der Waals surface area contributed by atoms with E-state index in [2.05, 4.69) is 20.2 Å². The summed E-state index contributed by atoms with van der Waals surface area (Å²) in [7, 11) is 1.59. The van der Waals surface area contributed by atoms with Crippen LogP contribution in [0.3, 0.4) is 0 Å². The number of nitrogens with zero attached hydrogens (tertiary/aromatic N) is 4. The first-order valence-electron chi connectivity index (χ1n) is 8.00. The number of benzene rings is 1. The fourth-order valence-electron chi connectivity index (χ4n) is 2.61. The zero-order valence-electron chi connectivity index (χ0n) is 14.2. The van der Waals surface area contributed by atoms with Crippen LogP contribution in [0.25, 0.3) is 17.0 Å². The first-order valence-corrected chi connectivity index (χ1v) is 9.37. The molecule has 0 unspecified atom stereocenters. The Labute approximate surface area is 163 Å². The van der Waals surface area contributed by atoms with Gasteiger partial charge in [0, 0.05) is 23.0 Å². The molecule has 4 rings (SSSR count). The topological polar surface area (TPSA) is 85.2 Å². The number of hydrogen-bond donors (Lipinski definition) is 1. The summed E-state index contributed by atoms with van der Waals surface area (Å²) in [5.74, 6) is 1.68. The third kappa shape index (κ3) is 3.67. The molecule has 0 bridgehead atoms. The van der Waals surface area contributed by atoms with E-state index in [1.807, 2.05) is 6.07 Å². The monoisotopic (exact) mass is 399 g/mol. The van der Waals surface area contributed by atoms with Crippen LogP contribution in [0.4, 0.5) is 0 Å². The second kappa shape index (κ2) is 7.42. The molecule has 0 radical (unpaired) electrons. The molecule has 7 nitrogen and oxygen atoms in total. The molecule has 0 saturated heterocycles. The highest BCUT2D eigenvalue weighted by Gasteiger charge is 2.13. The Bertz CT molecular complexity index is 1170. The molecule has 9 heteroatoms. The third-order valence-electron chi connectivity index (χ3n) is 3.85. The Hall–Kier alpha value is -2.84. The Morgan fingerprint density at radius 1 is 1.22 bits per heavy atom. The number of ether oxygens (including phenoxy) is 1. The van der Waals surface area contributed by atoms with E-state index < -0.39 is 0 Å². The molecule has 3 heterocycles. The summed E-state index contributed by atoms with van der Waals surface area (Å²) in [4.78, 5) is 21.1. The number of rotatable bonds is 5. The SMILES string of the molecule is COc1ccc(Cl)cc1-c1nc(SCc2cc(=O)n3ccccc3n2)n[nH]1. The molecule has 1 N–H and O–H groups in total. The molecule has 3 aromatic heterocycles. The van der Waals surface area contributed by atoms with Crippen LogP contribution in [-0.2, 0) is 5.75 Å². The molecule has 0 aliphatic carbocycles. The van der Waals surface area contributed by atoms with Gasteiger partial charge in [-0.15, -0.1) is 5.10 Å². The summed E-state index contributed by atoms with van der Waals surface area (Å²) in [6, 6.07) is 12.3. The van der Waals surface area contributed by atoms with Crippen LogP contribution >= 0.6 is 23.4 Å². The Balaban J connectivity index is 1.56. The first kappa shape index (κ1) is 17.6. The largest absolute Gasteiger partial charge is 0.496 e. The summed E-state index contributed by atoms with van der Waals surface area (Å²) < 4.78 is 6.85. The molecule has 4 aromatic rings. The van der Waals surface area contributed by atoms with E-state index in [0.717, 1.165) is 5.56 Å². The normalized spacial score (nSPS) is 11.0. The van der Waals surface area contributed by atoms with Crippen molar-refractivity contribution < 1.29 is 4.74 Å². The molecule has 0 saturated carbocycles. The van der Waals surface area contributed by atoms with E-state index in [0.29, 0.717) is 38.8 Å². The van der Waals surface area contributed by atoms with Crippen molar-refractivity contribution in [3.8, 4) is 17.1 Å². The number of aromatic amines is 1. The second-order valence-corrected chi connectivity index (χ2v) is 6.99. The summed E-state index contributed by atoms with van der Waals surface area (Å²) in [5, 5.41) is 8.23. The molecule has 27 heavy (non-hydrogen) atoms. The minimum atomic E-state index is -0.115. The fraction of sp³-hybridized carbons (Fsp3) is 0.111. The van der Waals surface area contributed by atoms with Gasteiger partial charge in [-0.05, 0) is 30.3 Å². The number of H-pyrrole nitrogens is 1. The van der Waals surface area contributed by atoms with Gasteiger partial charge < -0.3 is 4.74 Å². The fourth-order valence-corrected chi connectivity index (χ4v) is 3.48. The lowest BCUT2D eigenvalue weighted by Gasteiger charge is -2.05. The number of aromatic nitrogens is 5. The third-order valence-corrected chi connectivity index (χ3v) is 4.97. The van der Waals surface area contributed by atoms with Crippen LogP contribution in [-0.4, -0.2) is 31.7 Å². The minimum absolute atomic E-state index is 0.115. The smallest absolute Gasteiger partial charge is 0.258 e. The van der Waals surface area contributed by atoms with E-state index in [4.69, 9.17) is 16.3 Å². The van der Waals surface area contributed by atoms with Gasteiger partial charge in [0.05, 0.1) is 18.4 Å². The van der Waals surface area contributed by atoms with E-state index in [-0.39, 0.29) is 5.56 Å². The molecular formula is C18H14ClN5O2S. The number of methoxy groups -OCH3 is 1. The van der Waals surface area contributed by atoms with Gasteiger partial charge in [-0.2, -0.15) is 0 Å². The molecule has 0 atom stereocenters. The van der Waals surface area contributed by atoms with Crippen molar-refractivity contribution in [3.63, 3.8) is 0 Å². The Kier molecular flexibility index (Phi) is 4.83. The maximum Gasteiger partial charge on any atom is 0.258 e. The molecular weight excluding hydrogens is 386 g/mol. The van der Waals surface area contributed by atoms with Crippen LogP contribution in [0, 0.1) is 0 Å². The second-order valence-electron chi connectivity index (χ2n) is 5.61. The molecule has 0 aliphatic rings. The maximum absolute atomic E-state index is 12.2. The number of halogens is 1. The zero-order chi connectivity index (χ0) is 18.8. The van der Waals surface area contributed by atoms with E-state index >= 15 is 0 Å². The van der Waals surface area contributed by atoms with Crippen molar-refractivity contribution in [3.05, 3.63) is 69.7 Å². The van der Waals surface area contributed by atoms with E-state index in [9.17, 15) is 4.79 Å². The zero-order valence-corrected chi connectivity index (χ0v) is 15.8. The highest BCUT2D eigenvalue weighted by atomic mass is 35.5. The van der Waals surface area contributed by atoms with Gasteiger partial charge in [0.2, 0.25) is 5.16 Å². The molecule has 0 spiro atoms. The highest BCUT2D eigenvalue weighted by molar-refractivity contribution is 7.98. The predicted molar refractivity (Wildman–Crippen MR) is 104 cm³/mol. The van der Waals surface area contributed by atoms with Gasteiger partial charge in [0.1, 0.15) is 11.4 Å². The van der Waals surface area contributed by atoms with Crippen molar-refractivity contribution in [2.75, 3.05) is 7.11 Å². The number of hydrogen-bond acceptors (Lipinski definition) is 6. The summed E-state index contributed by atoms with van der Waals surface area (Å²) in [6.45, 7) is 0.